The third-order valence-corrected chi connectivity index (χ3v) is 5.73. The van der Waals surface area contributed by atoms with Gasteiger partial charge in [-0.05, 0) is 30.9 Å². The Kier molecular flexibility index (Phi) is 4.18. The number of hydrogen-bond donors (Lipinski definition) is 1. The van der Waals surface area contributed by atoms with Crippen LogP contribution < -0.4 is 15.1 Å². The second-order valence-electron chi connectivity index (χ2n) is 7.72. The number of aromatic nitrogens is 3. The molecule has 2 fully saturated rings. The van der Waals surface area contributed by atoms with Crippen LogP contribution in [0.25, 0.3) is 0 Å². The van der Waals surface area contributed by atoms with Gasteiger partial charge >= 0.3 is 6.03 Å². The predicted octanol–water partition coefficient (Wildman–Crippen LogP) is 2.88. The van der Waals surface area contributed by atoms with Gasteiger partial charge in [0, 0.05) is 31.9 Å². The van der Waals surface area contributed by atoms with Crippen molar-refractivity contribution in [2.45, 2.75) is 38.1 Å². The maximum Gasteiger partial charge on any atom is 0.329 e. The zero-order valence-electron chi connectivity index (χ0n) is 15.5. The average Bonchev–Trinajstić information content (AvgIpc) is 3.46. The Morgan fingerprint density at radius 1 is 1.18 bits per heavy atom. The number of nitrogens with zero attached hydrogens (tertiary/aromatic N) is 5. The zero-order valence-corrected chi connectivity index (χ0v) is 15.5. The van der Waals surface area contributed by atoms with Gasteiger partial charge in [-0.2, -0.15) is 0 Å². The SMILES string of the molecule is O=C(CCC1CC1)c1ccc2c(n1)N(C(=O)Nc1cnccn1)[C@H]1CCN2C1. The summed E-state index contributed by atoms with van der Waals surface area (Å²) in [6.07, 6.45) is 9.40. The quantitative estimate of drug-likeness (QED) is 0.805. The van der Waals surface area contributed by atoms with Gasteiger partial charge in [-0.1, -0.05) is 12.8 Å². The Balaban J connectivity index is 1.43. The molecule has 2 amide bonds. The van der Waals surface area contributed by atoms with Crippen molar-refractivity contribution in [3.8, 4) is 0 Å². The smallest absolute Gasteiger partial charge is 0.329 e. The van der Waals surface area contributed by atoms with E-state index in [0.717, 1.165) is 31.6 Å². The highest BCUT2D eigenvalue weighted by molar-refractivity contribution is 6.05. The molecule has 1 N–H and O–H groups in total. The van der Waals surface area contributed by atoms with Crippen molar-refractivity contribution in [3.05, 3.63) is 36.4 Å². The van der Waals surface area contributed by atoms with Crippen LogP contribution in [-0.4, -0.2) is 45.9 Å². The van der Waals surface area contributed by atoms with E-state index in [4.69, 9.17) is 0 Å². The summed E-state index contributed by atoms with van der Waals surface area (Å²) < 4.78 is 0. The molecule has 2 aliphatic heterocycles. The summed E-state index contributed by atoms with van der Waals surface area (Å²) in [6.45, 7) is 1.65. The summed E-state index contributed by atoms with van der Waals surface area (Å²) >= 11 is 0. The molecule has 1 saturated carbocycles. The number of hydrogen-bond acceptors (Lipinski definition) is 6. The molecule has 5 rings (SSSR count). The molecule has 0 unspecified atom stereocenters. The number of ketones is 1. The molecule has 0 spiro atoms. The van der Waals surface area contributed by atoms with Gasteiger partial charge in [-0.25, -0.2) is 14.8 Å². The summed E-state index contributed by atoms with van der Waals surface area (Å²) in [7, 11) is 0. The van der Waals surface area contributed by atoms with Crippen molar-refractivity contribution < 1.29 is 9.59 Å². The van der Waals surface area contributed by atoms with E-state index in [1.807, 2.05) is 6.07 Å². The molecule has 28 heavy (non-hydrogen) atoms. The van der Waals surface area contributed by atoms with Crippen molar-refractivity contribution in [2.75, 3.05) is 28.2 Å². The molecule has 1 atom stereocenters. The lowest BCUT2D eigenvalue weighted by Crippen LogP contribution is -2.48. The topological polar surface area (TPSA) is 91.3 Å². The molecule has 8 heteroatoms. The molecule has 2 bridgehead atoms. The minimum Gasteiger partial charge on any atom is -0.366 e. The monoisotopic (exact) mass is 378 g/mol. The molecule has 3 aliphatic rings. The van der Waals surface area contributed by atoms with E-state index < -0.39 is 0 Å². The van der Waals surface area contributed by atoms with Crippen LogP contribution in [0.4, 0.5) is 22.1 Å². The number of rotatable bonds is 5. The summed E-state index contributed by atoms with van der Waals surface area (Å²) in [4.78, 5) is 42.3. The molecule has 4 heterocycles. The number of urea groups is 1. The standard InChI is InChI=1S/C20H22N6O2/c27-17(6-3-13-1-2-13)15-4-5-16-19(23-15)26(14-7-10-25(16)12-14)20(28)24-18-11-21-8-9-22-18/h4-5,8-9,11,13-14H,1-3,6-7,10,12H2,(H,22,24,28)/t14-/m0/s1. The van der Waals surface area contributed by atoms with Crippen LogP contribution in [0.5, 0.6) is 0 Å². The maximum absolute atomic E-state index is 13.0. The van der Waals surface area contributed by atoms with Gasteiger partial charge in [0.25, 0.3) is 0 Å². The van der Waals surface area contributed by atoms with Gasteiger partial charge in [-0.15, -0.1) is 0 Å². The highest BCUT2D eigenvalue weighted by Gasteiger charge is 2.40. The molecule has 2 aromatic heterocycles. The Morgan fingerprint density at radius 2 is 2.07 bits per heavy atom. The number of nitrogens with one attached hydrogen (secondary N) is 1. The number of amides is 2. The summed E-state index contributed by atoms with van der Waals surface area (Å²) in [6, 6.07) is 3.47. The minimum atomic E-state index is -0.289. The summed E-state index contributed by atoms with van der Waals surface area (Å²) in [5.41, 5.74) is 1.35. The minimum absolute atomic E-state index is 0.0356. The molecule has 0 radical (unpaired) electrons. The zero-order chi connectivity index (χ0) is 19.1. The predicted molar refractivity (Wildman–Crippen MR) is 105 cm³/mol. The highest BCUT2D eigenvalue weighted by atomic mass is 16.2. The van der Waals surface area contributed by atoms with Crippen LogP contribution in [0.3, 0.4) is 0 Å². The van der Waals surface area contributed by atoms with Gasteiger partial charge in [0.1, 0.15) is 5.69 Å². The number of pyridine rings is 1. The summed E-state index contributed by atoms with van der Waals surface area (Å²) in [5, 5.41) is 2.80. The second-order valence-corrected chi connectivity index (χ2v) is 7.72. The first kappa shape index (κ1) is 17.1. The van der Waals surface area contributed by atoms with Gasteiger partial charge in [-0.3, -0.25) is 20.0 Å². The van der Waals surface area contributed by atoms with E-state index in [1.54, 1.807) is 17.2 Å². The van der Waals surface area contributed by atoms with Crippen LogP contribution >= 0.6 is 0 Å². The van der Waals surface area contributed by atoms with Crippen LogP contribution in [0.15, 0.2) is 30.7 Å². The number of carbonyl (C=O) groups is 2. The van der Waals surface area contributed by atoms with Crippen LogP contribution in [0, 0.1) is 5.92 Å². The Morgan fingerprint density at radius 3 is 2.86 bits per heavy atom. The van der Waals surface area contributed by atoms with Crippen LogP contribution in [-0.2, 0) is 0 Å². The molecule has 2 aromatic rings. The molecule has 144 valence electrons. The lowest BCUT2D eigenvalue weighted by Gasteiger charge is -2.35. The van der Waals surface area contributed by atoms with E-state index in [2.05, 4.69) is 25.2 Å². The average molecular weight is 378 g/mol. The molecule has 8 nitrogen and oxygen atoms in total. The van der Waals surface area contributed by atoms with Gasteiger partial charge in [0.05, 0.1) is 17.9 Å². The lowest BCUT2D eigenvalue weighted by molar-refractivity contribution is 0.0973. The number of anilines is 3. The van der Waals surface area contributed by atoms with Crippen LogP contribution in [0.2, 0.25) is 0 Å². The fourth-order valence-electron chi connectivity index (χ4n) is 4.03. The van der Waals surface area contributed by atoms with E-state index in [1.165, 1.54) is 25.2 Å². The van der Waals surface area contributed by atoms with Gasteiger partial charge in [0.15, 0.2) is 17.4 Å². The van der Waals surface area contributed by atoms with Crippen molar-refractivity contribution >= 4 is 29.1 Å². The Bertz CT molecular complexity index is 914. The van der Waals surface area contributed by atoms with Gasteiger partial charge < -0.3 is 4.90 Å². The fraction of sp³-hybridized carbons (Fsp3) is 0.450. The fourth-order valence-corrected chi connectivity index (χ4v) is 4.03. The first-order valence-electron chi connectivity index (χ1n) is 9.84. The molecular weight excluding hydrogens is 356 g/mol. The van der Waals surface area contributed by atoms with Crippen LogP contribution in [0.1, 0.15) is 42.6 Å². The first-order valence-corrected chi connectivity index (χ1v) is 9.84. The lowest BCUT2D eigenvalue weighted by atomic mass is 10.1. The normalized spacial score (nSPS) is 20.1. The Hall–Kier alpha value is -3.03. The van der Waals surface area contributed by atoms with Crippen molar-refractivity contribution in [3.63, 3.8) is 0 Å². The number of fused-ring (bicyclic) bond motifs is 4. The number of Topliss-reactive ketones (excluding diaryl/α,β-unsaturated/α-hetero) is 1. The van der Waals surface area contributed by atoms with Gasteiger partial charge in [0.2, 0.25) is 0 Å². The van der Waals surface area contributed by atoms with E-state index in [0.29, 0.717) is 29.7 Å². The second kappa shape index (κ2) is 6.85. The Labute approximate surface area is 163 Å². The van der Waals surface area contributed by atoms with E-state index in [9.17, 15) is 9.59 Å². The first-order chi connectivity index (χ1) is 13.7. The third kappa shape index (κ3) is 3.19. The molecule has 1 aliphatic carbocycles. The third-order valence-electron chi connectivity index (χ3n) is 5.73. The number of carbonyl (C=O) groups excluding carboxylic acids is 2. The van der Waals surface area contributed by atoms with Crippen molar-refractivity contribution in [1.82, 2.24) is 15.0 Å². The molecular formula is C20H22N6O2. The molecule has 0 aromatic carbocycles. The summed E-state index contributed by atoms with van der Waals surface area (Å²) in [5.74, 6) is 1.72. The molecule has 1 saturated heterocycles. The van der Waals surface area contributed by atoms with Crippen molar-refractivity contribution in [2.24, 2.45) is 5.92 Å². The largest absolute Gasteiger partial charge is 0.366 e. The highest BCUT2D eigenvalue weighted by Crippen LogP contribution is 2.39. The van der Waals surface area contributed by atoms with E-state index >= 15 is 0 Å². The maximum atomic E-state index is 13.0. The van der Waals surface area contributed by atoms with E-state index in [-0.39, 0.29) is 17.9 Å². The van der Waals surface area contributed by atoms with Crippen molar-refractivity contribution in [1.29, 1.82) is 0 Å².